The van der Waals surface area contributed by atoms with Crippen LogP contribution in [0.1, 0.15) is 22.3 Å². The van der Waals surface area contributed by atoms with Gasteiger partial charge in [-0.05, 0) is 48.9 Å². The fourth-order valence-electron chi connectivity index (χ4n) is 2.74. The molecule has 1 amide bonds. The maximum absolute atomic E-state index is 12.4. The normalized spacial score (nSPS) is 12.8. The minimum absolute atomic E-state index is 0.0927. The zero-order valence-electron chi connectivity index (χ0n) is 14.4. The maximum atomic E-state index is 12.4. The molecule has 7 heteroatoms. The third-order valence-corrected chi connectivity index (χ3v) is 5.24. The largest absolute Gasteiger partial charge is 0.486 e. The van der Waals surface area contributed by atoms with E-state index in [1.54, 1.807) is 0 Å². The van der Waals surface area contributed by atoms with Gasteiger partial charge in [0, 0.05) is 17.6 Å². The number of hydrogen-bond donors (Lipinski definition) is 1. The van der Waals surface area contributed by atoms with E-state index in [0.717, 1.165) is 34.2 Å². The molecular formula is C19H19N3O3S. The van der Waals surface area contributed by atoms with Crippen LogP contribution in [-0.2, 0) is 13.1 Å². The van der Waals surface area contributed by atoms with E-state index in [1.807, 2.05) is 54.2 Å². The third-order valence-electron chi connectivity index (χ3n) is 4.11. The summed E-state index contributed by atoms with van der Waals surface area (Å²) in [5, 5.41) is 7.29. The van der Waals surface area contributed by atoms with Gasteiger partial charge in [0.25, 0.3) is 5.91 Å². The minimum Gasteiger partial charge on any atom is -0.486 e. The number of nitrogens with zero attached hydrogens (tertiary/aromatic N) is 2. The number of aromatic nitrogens is 2. The summed E-state index contributed by atoms with van der Waals surface area (Å²) in [6.07, 6.45) is 1.91. The van der Waals surface area contributed by atoms with Crippen LogP contribution in [0.4, 0.5) is 0 Å². The van der Waals surface area contributed by atoms with Crippen molar-refractivity contribution < 1.29 is 14.3 Å². The molecule has 26 heavy (non-hydrogen) atoms. The van der Waals surface area contributed by atoms with E-state index in [9.17, 15) is 4.79 Å². The fraction of sp³-hybridized carbons (Fsp3) is 0.263. The lowest BCUT2D eigenvalue weighted by Crippen LogP contribution is -2.22. The van der Waals surface area contributed by atoms with Crippen LogP contribution >= 0.6 is 11.3 Å². The molecule has 0 unspecified atom stereocenters. The predicted octanol–water partition coefficient (Wildman–Crippen LogP) is 3.33. The van der Waals surface area contributed by atoms with Gasteiger partial charge in [0.1, 0.15) is 13.2 Å². The molecule has 4 rings (SSSR count). The number of carbonyl (C=O) groups excluding carboxylic acids is 1. The zero-order chi connectivity index (χ0) is 17.9. The van der Waals surface area contributed by atoms with Crippen molar-refractivity contribution in [3.63, 3.8) is 0 Å². The Labute approximate surface area is 155 Å². The smallest absolute Gasteiger partial charge is 0.261 e. The van der Waals surface area contributed by atoms with Crippen molar-refractivity contribution in [1.29, 1.82) is 0 Å². The van der Waals surface area contributed by atoms with Gasteiger partial charge in [-0.15, -0.1) is 11.3 Å². The minimum atomic E-state index is -0.0927. The van der Waals surface area contributed by atoms with Gasteiger partial charge >= 0.3 is 0 Å². The highest BCUT2D eigenvalue weighted by molar-refractivity contribution is 7.17. The molecule has 0 saturated heterocycles. The quantitative estimate of drug-likeness (QED) is 0.749. The molecule has 0 bridgehead atoms. The van der Waals surface area contributed by atoms with Gasteiger partial charge in [-0.2, -0.15) is 5.10 Å². The molecule has 1 aromatic carbocycles. The number of ether oxygens (including phenoxy) is 2. The molecular weight excluding hydrogens is 350 g/mol. The maximum Gasteiger partial charge on any atom is 0.261 e. The molecule has 2 aromatic heterocycles. The second-order valence-electron chi connectivity index (χ2n) is 5.87. The van der Waals surface area contributed by atoms with Crippen molar-refractivity contribution in [2.45, 2.75) is 20.0 Å². The number of benzene rings is 1. The van der Waals surface area contributed by atoms with Crippen LogP contribution in [0.3, 0.4) is 0 Å². The number of amides is 1. The molecule has 0 radical (unpaired) electrons. The summed E-state index contributed by atoms with van der Waals surface area (Å²) in [4.78, 5) is 14.1. The Balaban J connectivity index is 1.44. The summed E-state index contributed by atoms with van der Waals surface area (Å²) in [6.45, 7) is 4.40. The summed E-state index contributed by atoms with van der Waals surface area (Å²) in [5.74, 6) is 1.42. The molecule has 0 spiro atoms. The van der Waals surface area contributed by atoms with Gasteiger partial charge in [-0.1, -0.05) is 0 Å². The van der Waals surface area contributed by atoms with E-state index >= 15 is 0 Å². The van der Waals surface area contributed by atoms with E-state index in [0.29, 0.717) is 24.6 Å². The van der Waals surface area contributed by atoms with E-state index in [4.69, 9.17) is 9.47 Å². The molecule has 6 nitrogen and oxygen atoms in total. The van der Waals surface area contributed by atoms with Crippen molar-refractivity contribution in [1.82, 2.24) is 15.1 Å². The summed E-state index contributed by atoms with van der Waals surface area (Å²) in [5.41, 5.74) is 1.86. The standard InChI is InChI=1S/C19H19N3O3S/c1-2-22-8-7-14(21-22)12-20-19(23)18-6-5-17(26-18)13-3-4-15-16(11-13)25-10-9-24-15/h3-8,11H,2,9-10,12H2,1H3,(H,20,23). The van der Waals surface area contributed by atoms with Crippen LogP contribution in [0.15, 0.2) is 42.6 Å². The van der Waals surface area contributed by atoms with E-state index in [-0.39, 0.29) is 5.91 Å². The first-order chi connectivity index (χ1) is 12.7. The van der Waals surface area contributed by atoms with Crippen LogP contribution in [-0.4, -0.2) is 28.9 Å². The van der Waals surface area contributed by atoms with Crippen LogP contribution in [0.5, 0.6) is 11.5 Å². The lowest BCUT2D eigenvalue weighted by molar-refractivity contribution is 0.0954. The highest BCUT2D eigenvalue weighted by Crippen LogP contribution is 2.36. The fourth-order valence-corrected chi connectivity index (χ4v) is 3.66. The van der Waals surface area contributed by atoms with Gasteiger partial charge in [0.2, 0.25) is 0 Å². The van der Waals surface area contributed by atoms with Crippen molar-refractivity contribution >= 4 is 17.2 Å². The molecule has 3 aromatic rings. The molecule has 1 aliphatic rings. The topological polar surface area (TPSA) is 65.4 Å². The lowest BCUT2D eigenvalue weighted by Gasteiger charge is -2.18. The first kappa shape index (κ1) is 16.7. The second-order valence-corrected chi connectivity index (χ2v) is 6.95. The molecule has 0 fully saturated rings. The molecule has 3 heterocycles. The van der Waals surface area contributed by atoms with Crippen molar-refractivity contribution in [3.05, 3.63) is 53.2 Å². The molecule has 0 saturated carbocycles. The zero-order valence-corrected chi connectivity index (χ0v) is 15.2. The lowest BCUT2D eigenvalue weighted by atomic mass is 10.1. The molecule has 0 aliphatic carbocycles. The summed E-state index contributed by atoms with van der Waals surface area (Å²) in [6, 6.07) is 11.6. The Morgan fingerprint density at radius 2 is 2.04 bits per heavy atom. The SMILES string of the molecule is CCn1ccc(CNC(=O)c2ccc(-c3ccc4c(c3)OCCO4)s2)n1. The van der Waals surface area contributed by atoms with E-state index in [1.165, 1.54) is 11.3 Å². The number of hydrogen-bond acceptors (Lipinski definition) is 5. The molecule has 134 valence electrons. The predicted molar refractivity (Wildman–Crippen MR) is 99.8 cm³/mol. The summed E-state index contributed by atoms with van der Waals surface area (Å²) in [7, 11) is 0. The first-order valence-corrected chi connectivity index (χ1v) is 9.35. The molecule has 0 atom stereocenters. The average Bonchev–Trinajstić information content (AvgIpc) is 3.35. The number of rotatable bonds is 5. The highest BCUT2D eigenvalue weighted by Gasteiger charge is 2.15. The second kappa shape index (κ2) is 7.21. The van der Waals surface area contributed by atoms with Crippen LogP contribution in [0, 0.1) is 0 Å². The van der Waals surface area contributed by atoms with Crippen LogP contribution < -0.4 is 14.8 Å². The summed E-state index contributed by atoms with van der Waals surface area (Å²) < 4.78 is 13.0. The van der Waals surface area contributed by atoms with E-state index in [2.05, 4.69) is 10.4 Å². The Morgan fingerprint density at radius 1 is 1.19 bits per heavy atom. The number of nitrogens with one attached hydrogen (secondary N) is 1. The van der Waals surface area contributed by atoms with Gasteiger partial charge in [0.15, 0.2) is 11.5 Å². The van der Waals surface area contributed by atoms with Crippen molar-refractivity contribution in [2.24, 2.45) is 0 Å². The molecule has 1 aliphatic heterocycles. The van der Waals surface area contributed by atoms with E-state index < -0.39 is 0 Å². The summed E-state index contributed by atoms with van der Waals surface area (Å²) >= 11 is 1.46. The van der Waals surface area contributed by atoms with Crippen molar-refractivity contribution in [3.8, 4) is 21.9 Å². The van der Waals surface area contributed by atoms with Crippen LogP contribution in [0.25, 0.3) is 10.4 Å². The highest BCUT2D eigenvalue weighted by atomic mass is 32.1. The van der Waals surface area contributed by atoms with Crippen molar-refractivity contribution in [2.75, 3.05) is 13.2 Å². The first-order valence-electron chi connectivity index (χ1n) is 8.53. The Bertz CT molecular complexity index is 932. The monoisotopic (exact) mass is 369 g/mol. The Morgan fingerprint density at radius 3 is 2.85 bits per heavy atom. The van der Waals surface area contributed by atoms with Gasteiger partial charge < -0.3 is 14.8 Å². The third kappa shape index (κ3) is 3.43. The van der Waals surface area contributed by atoms with Gasteiger partial charge in [0.05, 0.1) is 17.1 Å². The Kier molecular flexibility index (Phi) is 4.62. The number of fused-ring (bicyclic) bond motifs is 1. The van der Waals surface area contributed by atoms with Crippen LogP contribution in [0.2, 0.25) is 0 Å². The number of aryl methyl sites for hydroxylation is 1. The van der Waals surface area contributed by atoms with Gasteiger partial charge in [-0.25, -0.2) is 0 Å². The van der Waals surface area contributed by atoms with Gasteiger partial charge in [-0.3, -0.25) is 9.48 Å². The number of carbonyl (C=O) groups is 1. The average molecular weight is 369 g/mol. The molecule has 1 N–H and O–H groups in total. The number of thiophene rings is 1. The Hall–Kier alpha value is -2.80.